The van der Waals surface area contributed by atoms with Gasteiger partial charge in [-0.2, -0.15) is 5.10 Å². The molecule has 1 saturated heterocycles. The van der Waals surface area contributed by atoms with Crippen molar-refractivity contribution in [2.24, 2.45) is 0 Å². The number of likely N-dealkylation sites (N-methyl/N-ethyl adjacent to an activating group) is 2. The highest BCUT2D eigenvalue weighted by molar-refractivity contribution is 6.30. The SMILES string of the molecule is Cc1ccc(C(C)C)cc1-c1nn(-c2ccccc2)cc1C=C1C(=O)N(C)C(=O)N(C)C1=O. The van der Waals surface area contributed by atoms with Gasteiger partial charge in [0.25, 0.3) is 11.8 Å². The number of nitrogens with zero attached hydrogens (tertiary/aromatic N) is 4. The maximum atomic E-state index is 12.8. The molecule has 4 rings (SSSR count). The van der Waals surface area contributed by atoms with Crippen LogP contribution in [0.1, 0.15) is 36.5 Å². The van der Waals surface area contributed by atoms with Crippen molar-refractivity contribution in [3.05, 3.63) is 77.0 Å². The molecule has 7 nitrogen and oxygen atoms in total. The van der Waals surface area contributed by atoms with Crippen LogP contribution in [0.25, 0.3) is 23.0 Å². The van der Waals surface area contributed by atoms with Gasteiger partial charge in [0.2, 0.25) is 0 Å². The molecule has 0 bridgehead atoms. The van der Waals surface area contributed by atoms with E-state index < -0.39 is 17.8 Å². The minimum absolute atomic E-state index is 0.0777. The number of barbiturate groups is 1. The Morgan fingerprint density at radius 1 is 0.909 bits per heavy atom. The molecule has 3 aromatic rings. The number of carbonyl (C=O) groups is 3. The second-order valence-corrected chi connectivity index (χ2v) is 8.51. The Labute approximate surface area is 192 Å². The fourth-order valence-electron chi connectivity index (χ4n) is 3.80. The van der Waals surface area contributed by atoms with E-state index in [0.29, 0.717) is 17.2 Å². The topological polar surface area (TPSA) is 75.5 Å². The van der Waals surface area contributed by atoms with Crippen LogP contribution in [0.4, 0.5) is 4.79 Å². The maximum Gasteiger partial charge on any atom is 0.333 e. The van der Waals surface area contributed by atoms with Crippen LogP contribution in [0.5, 0.6) is 0 Å². The molecule has 2 aromatic carbocycles. The third-order valence-corrected chi connectivity index (χ3v) is 5.89. The molecule has 7 heteroatoms. The van der Waals surface area contributed by atoms with Gasteiger partial charge in [-0.05, 0) is 48.2 Å². The minimum Gasteiger partial charge on any atom is -0.268 e. The highest BCUT2D eigenvalue weighted by Gasteiger charge is 2.38. The molecular formula is C26H26N4O3. The van der Waals surface area contributed by atoms with Crippen molar-refractivity contribution in [1.29, 1.82) is 0 Å². The van der Waals surface area contributed by atoms with Crippen molar-refractivity contribution in [3.8, 4) is 16.9 Å². The van der Waals surface area contributed by atoms with Gasteiger partial charge in [-0.3, -0.25) is 19.4 Å². The van der Waals surface area contributed by atoms with E-state index in [2.05, 4.69) is 32.0 Å². The molecule has 4 amide bonds. The summed E-state index contributed by atoms with van der Waals surface area (Å²) in [5.41, 5.74) is 5.18. The zero-order valence-electron chi connectivity index (χ0n) is 19.4. The molecule has 1 aliphatic rings. The largest absolute Gasteiger partial charge is 0.333 e. The second kappa shape index (κ2) is 8.50. The first kappa shape index (κ1) is 22.2. The van der Waals surface area contributed by atoms with Crippen LogP contribution in [0.3, 0.4) is 0 Å². The highest BCUT2D eigenvalue weighted by atomic mass is 16.2. The number of aryl methyl sites for hydroxylation is 1. The van der Waals surface area contributed by atoms with E-state index in [1.807, 2.05) is 37.3 Å². The molecule has 0 N–H and O–H groups in total. The average Bonchev–Trinajstić information content (AvgIpc) is 3.23. The van der Waals surface area contributed by atoms with Gasteiger partial charge in [-0.25, -0.2) is 9.48 Å². The van der Waals surface area contributed by atoms with Crippen LogP contribution < -0.4 is 0 Å². The van der Waals surface area contributed by atoms with Crippen LogP contribution in [-0.2, 0) is 9.59 Å². The van der Waals surface area contributed by atoms with Crippen molar-refractivity contribution >= 4 is 23.9 Å². The van der Waals surface area contributed by atoms with Gasteiger partial charge in [0.05, 0.1) is 5.69 Å². The summed E-state index contributed by atoms with van der Waals surface area (Å²) in [6.45, 7) is 6.26. The number of imide groups is 2. The standard InChI is InChI=1S/C26H26N4O3/c1-16(2)18-12-11-17(3)21(13-18)23-19(15-30(27-23)20-9-7-6-8-10-20)14-22-24(31)28(4)26(33)29(5)25(22)32/h6-16H,1-5H3. The molecule has 0 atom stereocenters. The zero-order valence-corrected chi connectivity index (χ0v) is 19.4. The zero-order chi connectivity index (χ0) is 23.9. The molecule has 0 aliphatic carbocycles. The van der Waals surface area contributed by atoms with E-state index in [9.17, 15) is 14.4 Å². The van der Waals surface area contributed by atoms with Crippen LogP contribution in [0.2, 0.25) is 0 Å². The predicted octanol–water partition coefficient (Wildman–Crippen LogP) is 4.40. The van der Waals surface area contributed by atoms with Gasteiger partial charge in [0.1, 0.15) is 11.3 Å². The van der Waals surface area contributed by atoms with Crippen molar-refractivity contribution < 1.29 is 14.4 Å². The van der Waals surface area contributed by atoms with E-state index >= 15 is 0 Å². The summed E-state index contributed by atoms with van der Waals surface area (Å²) in [4.78, 5) is 39.6. The summed E-state index contributed by atoms with van der Waals surface area (Å²) < 4.78 is 1.74. The molecule has 0 saturated carbocycles. The molecule has 0 radical (unpaired) electrons. The van der Waals surface area contributed by atoms with Gasteiger partial charge in [0, 0.05) is 31.4 Å². The number of hydrogen-bond donors (Lipinski definition) is 0. The summed E-state index contributed by atoms with van der Waals surface area (Å²) in [6.07, 6.45) is 3.34. The van der Waals surface area contributed by atoms with E-state index in [4.69, 9.17) is 5.10 Å². The van der Waals surface area contributed by atoms with Crippen molar-refractivity contribution in [3.63, 3.8) is 0 Å². The minimum atomic E-state index is -0.650. The lowest BCUT2D eigenvalue weighted by Crippen LogP contribution is -2.52. The predicted molar refractivity (Wildman–Crippen MR) is 127 cm³/mol. The lowest BCUT2D eigenvalue weighted by atomic mass is 9.94. The third kappa shape index (κ3) is 3.98. The second-order valence-electron chi connectivity index (χ2n) is 8.51. The molecule has 33 heavy (non-hydrogen) atoms. The number of hydrogen-bond acceptors (Lipinski definition) is 4. The molecule has 1 aromatic heterocycles. The summed E-state index contributed by atoms with van der Waals surface area (Å²) in [5, 5.41) is 4.84. The van der Waals surface area contributed by atoms with E-state index in [1.165, 1.54) is 25.7 Å². The smallest absolute Gasteiger partial charge is 0.268 e. The van der Waals surface area contributed by atoms with Crippen LogP contribution in [0.15, 0.2) is 60.3 Å². The monoisotopic (exact) mass is 442 g/mol. The van der Waals surface area contributed by atoms with Crippen molar-refractivity contribution in [2.45, 2.75) is 26.7 Å². The van der Waals surface area contributed by atoms with Gasteiger partial charge in [0.15, 0.2) is 0 Å². The Morgan fingerprint density at radius 2 is 1.55 bits per heavy atom. The normalized spacial score (nSPS) is 14.5. The highest BCUT2D eigenvalue weighted by Crippen LogP contribution is 2.32. The fourth-order valence-corrected chi connectivity index (χ4v) is 3.80. The van der Waals surface area contributed by atoms with Crippen molar-refractivity contribution in [2.75, 3.05) is 14.1 Å². The van der Waals surface area contributed by atoms with E-state index in [1.54, 1.807) is 10.9 Å². The molecule has 2 heterocycles. The van der Waals surface area contributed by atoms with Gasteiger partial charge < -0.3 is 0 Å². The van der Waals surface area contributed by atoms with Crippen LogP contribution in [0, 0.1) is 6.92 Å². The Hall–Kier alpha value is -4.00. The average molecular weight is 443 g/mol. The van der Waals surface area contributed by atoms with Gasteiger partial charge in [-0.15, -0.1) is 0 Å². The summed E-state index contributed by atoms with van der Waals surface area (Å²) >= 11 is 0. The number of aromatic nitrogens is 2. The van der Waals surface area contributed by atoms with Crippen LogP contribution >= 0.6 is 0 Å². The fraction of sp³-hybridized carbons (Fsp3) is 0.231. The molecule has 1 aliphatic heterocycles. The Kier molecular flexibility index (Phi) is 5.72. The van der Waals surface area contributed by atoms with E-state index in [0.717, 1.165) is 26.6 Å². The number of carbonyl (C=O) groups excluding carboxylic acids is 3. The molecule has 1 fully saturated rings. The number of benzene rings is 2. The number of para-hydroxylation sites is 1. The van der Waals surface area contributed by atoms with Crippen molar-refractivity contribution in [1.82, 2.24) is 19.6 Å². The first-order valence-corrected chi connectivity index (χ1v) is 10.8. The summed E-state index contributed by atoms with van der Waals surface area (Å²) in [5.74, 6) is -0.930. The summed E-state index contributed by atoms with van der Waals surface area (Å²) in [7, 11) is 2.73. The molecule has 168 valence electrons. The number of urea groups is 1. The number of amides is 4. The lowest BCUT2D eigenvalue weighted by molar-refractivity contribution is -0.134. The van der Waals surface area contributed by atoms with E-state index in [-0.39, 0.29) is 5.57 Å². The van der Waals surface area contributed by atoms with Crippen LogP contribution in [-0.4, -0.2) is 51.5 Å². The first-order chi connectivity index (χ1) is 15.7. The lowest BCUT2D eigenvalue weighted by Gasteiger charge is -2.28. The van der Waals surface area contributed by atoms with Gasteiger partial charge in [-0.1, -0.05) is 44.2 Å². The molecular weight excluding hydrogens is 416 g/mol. The number of rotatable bonds is 4. The maximum absolute atomic E-state index is 12.8. The first-order valence-electron chi connectivity index (χ1n) is 10.8. The quantitative estimate of drug-likeness (QED) is 0.443. The summed E-state index contributed by atoms with van der Waals surface area (Å²) in [6, 6.07) is 15.2. The Bertz CT molecular complexity index is 1260. The Balaban J connectivity index is 1.93. The Morgan fingerprint density at radius 3 is 2.15 bits per heavy atom. The molecule has 0 unspecified atom stereocenters. The molecule has 0 spiro atoms. The van der Waals surface area contributed by atoms with Gasteiger partial charge >= 0.3 is 6.03 Å². The third-order valence-electron chi connectivity index (χ3n) is 5.89.